The lowest BCUT2D eigenvalue weighted by molar-refractivity contribution is -0.165. The molecule has 1 amide bonds. The summed E-state index contributed by atoms with van der Waals surface area (Å²) in [5, 5.41) is 8.66. The molecule has 0 aromatic carbocycles. The summed E-state index contributed by atoms with van der Waals surface area (Å²) in [5.41, 5.74) is 0. The predicted molar refractivity (Wildman–Crippen MR) is 43.0 cm³/mol. The van der Waals surface area contributed by atoms with E-state index in [9.17, 15) is 22.8 Å². The molecule has 1 aliphatic heterocycles. The first-order valence-corrected chi connectivity index (χ1v) is 4.40. The summed E-state index contributed by atoms with van der Waals surface area (Å²) in [4.78, 5) is 22.5. The van der Waals surface area contributed by atoms with Crippen LogP contribution in [0.5, 0.6) is 0 Å². The molecule has 4 nitrogen and oxygen atoms in total. The van der Waals surface area contributed by atoms with Crippen LogP contribution in [-0.2, 0) is 9.59 Å². The van der Waals surface area contributed by atoms with Gasteiger partial charge in [0, 0.05) is 6.54 Å². The van der Waals surface area contributed by atoms with Gasteiger partial charge in [0.1, 0.15) is 12.5 Å². The normalized spacial score (nSPS) is 21.8. The molecule has 1 aliphatic rings. The fourth-order valence-electron chi connectivity index (χ4n) is 1.59. The predicted octanol–water partition coefficient (Wildman–Crippen LogP) is 1.01. The van der Waals surface area contributed by atoms with E-state index in [4.69, 9.17) is 5.11 Å². The number of likely N-dealkylation sites (tertiary alicyclic amines) is 1. The Kier molecular flexibility index (Phi) is 3.21. The van der Waals surface area contributed by atoms with Crippen LogP contribution in [0.2, 0.25) is 0 Å². The average Bonchev–Trinajstić information content (AvgIpc) is 2.47. The van der Waals surface area contributed by atoms with Gasteiger partial charge in [0.05, 0.1) is 0 Å². The lowest BCUT2D eigenvalue weighted by Gasteiger charge is -2.21. The molecule has 15 heavy (non-hydrogen) atoms. The lowest BCUT2D eigenvalue weighted by atomic mass is 10.2. The maximum Gasteiger partial charge on any atom is 0.397 e. The Morgan fingerprint density at radius 3 is 2.47 bits per heavy atom. The van der Waals surface area contributed by atoms with Crippen molar-refractivity contribution in [2.75, 3.05) is 6.54 Å². The number of hydrogen-bond acceptors (Lipinski definition) is 2. The molecule has 0 aliphatic carbocycles. The van der Waals surface area contributed by atoms with Crippen LogP contribution in [-0.4, -0.2) is 40.6 Å². The summed E-state index contributed by atoms with van der Waals surface area (Å²) in [5.74, 6) is -2.41. The van der Waals surface area contributed by atoms with Gasteiger partial charge in [0.2, 0.25) is 5.91 Å². The van der Waals surface area contributed by atoms with Gasteiger partial charge in [0.25, 0.3) is 0 Å². The van der Waals surface area contributed by atoms with Crippen molar-refractivity contribution < 1.29 is 27.9 Å². The number of aliphatic carboxylic acids is 1. The molecule has 86 valence electrons. The summed E-state index contributed by atoms with van der Waals surface area (Å²) in [7, 11) is 0. The quantitative estimate of drug-likeness (QED) is 0.763. The number of alkyl halides is 3. The maximum atomic E-state index is 11.9. The summed E-state index contributed by atoms with van der Waals surface area (Å²) in [6.07, 6.45) is -5.51. The molecule has 1 heterocycles. The third-order valence-corrected chi connectivity index (χ3v) is 2.21. The summed E-state index contributed by atoms with van der Waals surface area (Å²) in [6, 6.07) is -1.10. The molecular weight excluding hydrogens is 215 g/mol. The SMILES string of the molecule is O=C(O)C1CCCN1C(=O)CC(F)(F)F. The zero-order chi connectivity index (χ0) is 11.6. The van der Waals surface area contributed by atoms with Gasteiger partial charge in [-0.15, -0.1) is 0 Å². The second-order valence-corrected chi connectivity index (χ2v) is 3.38. The second kappa shape index (κ2) is 4.08. The molecule has 1 saturated heterocycles. The molecule has 7 heteroatoms. The molecule has 0 radical (unpaired) electrons. The first kappa shape index (κ1) is 11.8. The molecule has 0 aromatic heterocycles. The Labute approximate surface area is 83.7 Å². The van der Waals surface area contributed by atoms with Crippen LogP contribution in [0.15, 0.2) is 0 Å². The minimum absolute atomic E-state index is 0.0892. The van der Waals surface area contributed by atoms with Gasteiger partial charge in [-0.05, 0) is 12.8 Å². The van der Waals surface area contributed by atoms with Crippen LogP contribution < -0.4 is 0 Å². The van der Waals surface area contributed by atoms with E-state index in [0.29, 0.717) is 6.42 Å². The van der Waals surface area contributed by atoms with E-state index in [1.54, 1.807) is 0 Å². The van der Waals surface area contributed by atoms with Crippen molar-refractivity contribution in [2.24, 2.45) is 0 Å². The number of carboxylic acid groups (broad SMARTS) is 1. The number of carbonyl (C=O) groups is 2. The van der Waals surface area contributed by atoms with Crippen LogP contribution in [0.1, 0.15) is 19.3 Å². The summed E-state index contributed by atoms with van der Waals surface area (Å²) >= 11 is 0. The van der Waals surface area contributed by atoms with Gasteiger partial charge >= 0.3 is 12.1 Å². The zero-order valence-corrected chi connectivity index (χ0v) is 7.75. The van der Waals surface area contributed by atoms with Crippen molar-refractivity contribution in [1.29, 1.82) is 0 Å². The van der Waals surface area contributed by atoms with Gasteiger partial charge in [0.15, 0.2) is 0 Å². The summed E-state index contributed by atoms with van der Waals surface area (Å²) < 4.78 is 35.7. The van der Waals surface area contributed by atoms with E-state index < -0.39 is 30.5 Å². The van der Waals surface area contributed by atoms with Crippen LogP contribution in [0, 0.1) is 0 Å². The molecule has 0 aromatic rings. The highest BCUT2D eigenvalue weighted by Gasteiger charge is 2.39. The smallest absolute Gasteiger partial charge is 0.397 e. The Balaban J connectivity index is 2.63. The zero-order valence-electron chi connectivity index (χ0n) is 7.75. The number of halogens is 3. The van der Waals surface area contributed by atoms with Crippen molar-refractivity contribution in [3.05, 3.63) is 0 Å². The van der Waals surface area contributed by atoms with Gasteiger partial charge in [-0.2, -0.15) is 13.2 Å². The van der Waals surface area contributed by atoms with E-state index >= 15 is 0 Å². The van der Waals surface area contributed by atoms with Crippen molar-refractivity contribution >= 4 is 11.9 Å². The minimum atomic E-state index is -4.58. The van der Waals surface area contributed by atoms with Crippen LogP contribution in [0.3, 0.4) is 0 Å². The molecule has 0 bridgehead atoms. The Hall–Kier alpha value is -1.27. The van der Waals surface area contributed by atoms with Gasteiger partial charge in [-0.25, -0.2) is 4.79 Å². The topological polar surface area (TPSA) is 57.6 Å². The molecule has 0 spiro atoms. The van der Waals surface area contributed by atoms with E-state index in [2.05, 4.69) is 0 Å². The van der Waals surface area contributed by atoms with Crippen molar-refractivity contribution in [1.82, 2.24) is 4.90 Å². The van der Waals surface area contributed by atoms with E-state index in [1.165, 1.54) is 0 Å². The molecule has 1 N–H and O–H groups in total. The van der Waals surface area contributed by atoms with Gasteiger partial charge in [-0.3, -0.25) is 4.79 Å². The first-order chi connectivity index (χ1) is 6.81. The number of amides is 1. The maximum absolute atomic E-state index is 11.9. The van der Waals surface area contributed by atoms with Crippen LogP contribution in [0.25, 0.3) is 0 Å². The Morgan fingerprint density at radius 1 is 1.40 bits per heavy atom. The number of nitrogens with zero attached hydrogens (tertiary/aromatic N) is 1. The number of hydrogen-bond donors (Lipinski definition) is 1. The highest BCUT2D eigenvalue weighted by Crippen LogP contribution is 2.24. The number of carbonyl (C=O) groups excluding carboxylic acids is 1. The minimum Gasteiger partial charge on any atom is -0.480 e. The average molecular weight is 225 g/mol. The lowest BCUT2D eigenvalue weighted by Crippen LogP contribution is -2.42. The van der Waals surface area contributed by atoms with Crippen molar-refractivity contribution in [3.63, 3.8) is 0 Å². The molecule has 1 rings (SSSR count). The van der Waals surface area contributed by atoms with Crippen molar-refractivity contribution in [3.8, 4) is 0 Å². The van der Waals surface area contributed by atoms with Crippen LogP contribution >= 0.6 is 0 Å². The largest absolute Gasteiger partial charge is 0.480 e. The monoisotopic (exact) mass is 225 g/mol. The molecule has 1 fully saturated rings. The third-order valence-electron chi connectivity index (χ3n) is 2.21. The molecule has 0 saturated carbocycles. The Morgan fingerprint density at radius 2 is 2.00 bits per heavy atom. The third kappa shape index (κ3) is 3.10. The fourth-order valence-corrected chi connectivity index (χ4v) is 1.59. The Bertz CT molecular complexity index is 277. The molecule has 1 atom stereocenters. The van der Waals surface area contributed by atoms with E-state index in [-0.39, 0.29) is 13.0 Å². The van der Waals surface area contributed by atoms with Crippen LogP contribution in [0.4, 0.5) is 13.2 Å². The number of rotatable bonds is 2. The standard InChI is InChI=1S/C8H10F3NO3/c9-8(10,11)4-6(13)12-3-1-2-5(12)7(14)15/h5H,1-4H2,(H,14,15). The highest BCUT2D eigenvalue weighted by molar-refractivity contribution is 5.84. The highest BCUT2D eigenvalue weighted by atomic mass is 19.4. The molecular formula is C8H10F3NO3. The molecule has 1 unspecified atom stereocenters. The van der Waals surface area contributed by atoms with Gasteiger partial charge in [-0.1, -0.05) is 0 Å². The van der Waals surface area contributed by atoms with E-state index in [0.717, 1.165) is 4.90 Å². The van der Waals surface area contributed by atoms with E-state index in [1.807, 2.05) is 0 Å². The van der Waals surface area contributed by atoms with Gasteiger partial charge < -0.3 is 10.0 Å². The second-order valence-electron chi connectivity index (χ2n) is 3.38. The summed E-state index contributed by atoms with van der Waals surface area (Å²) in [6.45, 7) is 0.0892. The van der Waals surface area contributed by atoms with Crippen molar-refractivity contribution in [2.45, 2.75) is 31.5 Å². The fraction of sp³-hybridized carbons (Fsp3) is 0.750. The first-order valence-electron chi connectivity index (χ1n) is 4.40. The number of carboxylic acids is 1.